The van der Waals surface area contributed by atoms with Gasteiger partial charge in [-0.05, 0) is 55.5 Å². The number of benzene rings is 1. The summed E-state index contributed by atoms with van der Waals surface area (Å²) in [6, 6.07) is 8.47. The molecule has 104 valence electrons. The second-order valence-electron chi connectivity index (χ2n) is 6.09. The van der Waals surface area contributed by atoms with Crippen LogP contribution >= 0.6 is 0 Å². The first-order valence-electron chi connectivity index (χ1n) is 7.36. The van der Waals surface area contributed by atoms with Crippen molar-refractivity contribution in [3.05, 3.63) is 29.8 Å². The average molecular weight is 260 g/mol. The quantitative estimate of drug-likeness (QED) is 0.902. The maximum absolute atomic E-state index is 5.31. The molecule has 0 aliphatic carbocycles. The van der Waals surface area contributed by atoms with E-state index in [0.717, 1.165) is 12.3 Å². The molecule has 0 radical (unpaired) electrons. The zero-order valence-electron chi connectivity index (χ0n) is 11.8. The number of methoxy groups -OCH3 is 1. The molecule has 3 heteroatoms. The van der Waals surface area contributed by atoms with E-state index in [0.29, 0.717) is 5.41 Å². The third-order valence-electron chi connectivity index (χ3n) is 4.61. The Kier molecular flexibility index (Phi) is 3.76. The number of nitrogens with zero attached hydrogens (tertiary/aromatic N) is 1. The highest BCUT2D eigenvalue weighted by Gasteiger charge is 2.37. The van der Waals surface area contributed by atoms with E-state index in [-0.39, 0.29) is 0 Å². The summed E-state index contributed by atoms with van der Waals surface area (Å²) in [7, 11) is 1.74. The minimum atomic E-state index is 0.553. The van der Waals surface area contributed by atoms with Crippen LogP contribution in [0.2, 0.25) is 0 Å². The molecular formula is C16H24N2O. The van der Waals surface area contributed by atoms with Gasteiger partial charge in [0.15, 0.2) is 0 Å². The number of hydrogen-bond acceptors (Lipinski definition) is 3. The fourth-order valence-corrected chi connectivity index (χ4v) is 3.62. The lowest BCUT2D eigenvalue weighted by Crippen LogP contribution is -2.43. The average Bonchev–Trinajstić information content (AvgIpc) is 2.87. The van der Waals surface area contributed by atoms with Gasteiger partial charge in [-0.3, -0.25) is 4.90 Å². The predicted molar refractivity (Wildman–Crippen MR) is 77.4 cm³/mol. The monoisotopic (exact) mass is 260 g/mol. The Morgan fingerprint density at radius 2 is 2.32 bits per heavy atom. The molecule has 19 heavy (non-hydrogen) atoms. The molecule has 0 saturated carbocycles. The molecule has 2 fully saturated rings. The number of hydrogen-bond donors (Lipinski definition) is 1. The van der Waals surface area contributed by atoms with Crippen molar-refractivity contribution in [1.82, 2.24) is 10.2 Å². The summed E-state index contributed by atoms with van der Waals surface area (Å²) in [5, 5.41) is 3.54. The molecule has 3 nitrogen and oxygen atoms in total. The SMILES string of the molecule is COc1cccc(CN2CCC[C@]3(CCNC3)C2)c1. The lowest BCUT2D eigenvalue weighted by Gasteiger charge is -2.40. The van der Waals surface area contributed by atoms with Crippen LogP contribution in [0.15, 0.2) is 24.3 Å². The highest BCUT2D eigenvalue weighted by Crippen LogP contribution is 2.36. The summed E-state index contributed by atoms with van der Waals surface area (Å²) < 4.78 is 5.31. The summed E-state index contributed by atoms with van der Waals surface area (Å²) in [6.07, 6.45) is 4.09. The van der Waals surface area contributed by atoms with Crippen molar-refractivity contribution in [2.75, 3.05) is 33.3 Å². The van der Waals surface area contributed by atoms with Crippen LogP contribution in [0, 0.1) is 5.41 Å². The summed E-state index contributed by atoms with van der Waals surface area (Å²) in [5.74, 6) is 0.965. The van der Waals surface area contributed by atoms with E-state index >= 15 is 0 Å². The van der Waals surface area contributed by atoms with Crippen LogP contribution in [-0.2, 0) is 6.54 Å². The van der Waals surface area contributed by atoms with Gasteiger partial charge in [0.1, 0.15) is 5.75 Å². The van der Waals surface area contributed by atoms with E-state index < -0.39 is 0 Å². The molecule has 2 saturated heterocycles. The summed E-state index contributed by atoms with van der Waals surface area (Å²) in [4.78, 5) is 2.62. The largest absolute Gasteiger partial charge is 0.497 e. The third kappa shape index (κ3) is 2.93. The Morgan fingerprint density at radius 3 is 3.11 bits per heavy atom. The van der Waals surface area contributed by atoms with Crippen molar-refractivity contribution in [1.29, 1.82) is 0 Å². The van der Waals surface area contributed by atoms with E-state index in [1.165, 1.54) is 51.0 Å². The fraction of sp³-hybridized carbons (Fsp3) is 0.625. The van der Waals surface area contributed by atoms with Gasteiger partial charge in [-0.25, -0.2) is 0 Å². The maximum atomic E-state index is 5.31. The van der Waals surface area contributed by atoms with Gasteiger partial charge in [-0.1, -0.05) is 12.1 Å². The molecular weight excluding hydrogens is 236 g/mol. The van der Waals surface area contributed by atoms with E-state index in [9.17, 15) is 0 Å². The van der Waals surface area contributed by atoms with Crippen LogP contribution in [0.5, 0.6) is 5.75 Å². The van der Waals surface area contributed by atoms with Crippen molar-refractivity contribution in [3.8, 4) is 5.75 Å². The van der Waals surface area contributed by atoms with Gasteiger partial charge >= 0.3 is 0 Å². The van der Waals surface area contributed by atoms with Crippen LogP contribution in [0.3, 0.4) is 0 Å². The minimum absolute atomic E-state index is 0.553. The Bertz CT molecular complexity index is 427. The van der Waals surface area contributed by atoms with Crippen molar-refractivity contribution in [3.63, 3.8) is 0 Å². The molecule has 0 bridgehead atoms. The second kappa shape index (κ2) is 5.51. The van der Waals surface area contributed by atoms with E-state index in [1.807, 2.05) is 6.07 Å². The Hall–Kier alpha value is -1.06. The fourth-order valence-electron chi connectivity index (χ4n) is 3.62. The Balaban J connectivity index is 1.65. The number of nitrogens with one attached hydrogen (secondary N) is 1. The lowest BCUT2D eigenvalue weighted by molar-refractivity contribution is 0.0978. The number of rotatable bonds is 3. The molecule has 0 amide bonds. The van der Waals surface area contributed by atoms with Crippen LogP contribution < -0.4 is 10.1 Å². The first kappa shape index (κ1) is 12.9. The smallest absolute Gasteiger partial charge is 0.119 e. The highest BCUT2D eigenvalue weighted by molar-refractivity contribution is 5.28. The molecule has 3 rings (SSSR count). The summed E-state index contributed by atoms with van der Waals surface area (Å²) in [5.41, 5.74) is 1.92. The van der Waals surface area contributed by atoms with Gasteiger partial charge in [0, 0.05) is 19.6 Å². The summed E-state index contributed by atoms with van der Waals surface area (Å²) >= 11 is 0. The topological polar surface area (TPSA) is 24.5 Å². The van der Waals surface area contributed by atoms with E-state index in [2.05, 4.69) is 28.4 Å². The van der Waals surface area contributed by atoms with Crippen LogP contribution in [0.1, 0.15) is 24.8 Å². The van der Waals surface area contributed by atoms with Crippen molar-refractivity contribution >= 4 is 0 Å². The molecule has 1 aromatic carbocycles. The first-order chi connectivity index (χ1) is 9.30. The molecule has 1 N–H and O–H groups in total. The van der Waals surface area contributed by atoms with E-state index in [4.69, 9.17) is 4.74 Å². The minimum Gasteiger partial charge on any atom is -0.497 e. The van der Waals surface area contributed by atoms with Gasteiger partial charge in [-0.2, -0.15) is 0 Å². The molecule has 2 aliphatic rings. The van der Waals surface area contributed by atoms with Gasteiger partial charge in [0.2, 0.25) is 0 Å². The maximum Gasteiger partial charge on any atom is 0.119 e. The molecule has 2 heterocycles. The zero-order valence-corrected chi connectivity index (χ0v) is 11.8. The lowest BCUT2D eigenvalue weighted by atomic mass is 9.79. The van der Waals surface area contributed by atoms with Gasteiger partial charge < -0.3 is 10.1 Å². The van der Waals surface area contributed by atoms with E-state index in [1.54, 1.807) is 7.11 Å². The molecule has 0 unspecified atom stereocenters. The van der Waals surface area contributed by atoms with Crippen LogP contribution in [0.4, 0.5) is 0 Å². The molecule has 1 atom stereocenters. The molecule has 2 aliphatic heterocycles. The Morgan fingerprint density at radius 1 is 1.37 bits per heavy atom. The molecule has 0 aromatic heterocycles. The highest BCUT2D eigenvalue weighted by atomic mass is 16.5. The first-order valence-corrected chi connectivity index (χ1v) is 7.36. The number of piperidine rings is 1. The van der Waals surface area contributed by atoms with Crippen LogP contribution in [-0.4, -0.2) is 38.2 Å². The van der Waals surface area contributed by atoms with Gasteiger partial charge in [-0.15, -0.1) is 0 Å². The van der Waals surface area contributed by atoms with Gasteiger partial charge in [0.25, 0.3) is 0 Å². The Labute approximate surface area is 115 Å². The number of ether oxygens (including phenoxy) is 1. The van der Waals surface area contributed by atoms with Crippen molar-refractivity contribution < 1.29 is 4.74 Å². The predicted octanol–water partition coefficient (Wildman–Crippen LogP) is 2.27. The second-order valence-corrected chi connectivity index (χ2v) is 6.09. The van der Waals surface area contributed by atoms with Crippen LogP contribution in [0.25, 0.3) is 0 Å². The standard InChI is InChI=1S/C16H24N2O/c1-19-15-5-2-4-14(10-15)11-18-9-3-6-16(13-18)7-8-17-12-16/h2,4-5,10,17H,3,6-9,11-13H2,1H3/t16-/m1/s1. The third-order valence-corrected chi connectivity index (χ3v) is 4.61. The van der Waals surface area contributed by atoms with Crippen molar-refractivity contribution in [2.24, 2.45) is 5.41 Å². The molecule has 1 spiro atoms. The zero-order chi connectivity index (χ0) is 13.1. The number of likely N-dealkylation sites (tertiary alicyclic amines) is 1. The van der Waals surface area contributed by atoms with Crippen molar-refractivity contribution in [2.45, 2.75) is 25.8 Å². The normalized spacial score (nSPS) is 27.8. The molecule has 1 aromatic rings. The summed E-state index contributed by atoms with van der Waals surface area (Å²) in [6.45, 7) is 5.95. The van der Waals surface area contributed by atoms with Gasteiger partial charge in [0.05, 0.1) is 7.11 Å².